The molecule has 2 heterocycles. The highest BCUT2D eigenvalue weighted by atomic mass is 16.6. The van der Waals surface area contributed by atoms with Crippen molar-refractivity contribution in [3.05, 3.63) is 118 Å². The number of hydrogen-bond donors (Lipinski definition) is 0. The zero-order valence-electron chi connectivity index (χ0n) is 26.6. The molecule has 244 valence electrons. The van der Waals surface area contributed by atoms with Crippen molar-refractivity contribution in [2.45, 2.75) is 76.0 Å². The summed E-state index contributed by atoms with van der Waals surface area (Å²) in [6.07, 6.45) is 13.0. The average Bonchev–Trinajstić information content (AvgIpc) is 3.54. The Morgan fingerprint density at radius 1 is 0.396 bits per heavy atom. The molecule has 0 N–H and O–H groups in total. The Kier molecular flexibility index (Phi) is 8.80. The van der Waals surface area contributed by atoms with Gasteiger partial charge in [-0.25, -0.2) is 19.2 Å². The molecule has 2 aliphatic heterocycles. The Bertz CT molecular complexity index is 1740. The van der Waals surface area contributed by atoms with Gasteiger partial charge in [-0.15, -0.1) is 0 Å². The predicted molar refractivity (Wildman–Crippen MR) is 177 cm³/mol. The van der Waals surface area contributed by atoms with Crippen LogP contribution in [0.2, 0.25) is 0 Å². The van der Waals surface area contributed by atoms with Crippen LogP contribution in [0.1, 0.15) is 123 Å². The van der Waals surface area contributed by atoms with Crippen molar-refractivity contribution in [1.82, 2.24) is 0 Å². The van der Waals surface area contributed by atoms with Crippen molar-refractivity contribution in [2.24, 2.45) is 0 Å². The van der Waals surface area contributed by atoms with E-state index < -0.39 is 23.9 Å². The first-order chi connectivity index (χ1) is 23.4. The lowest BCUT2D eigenvalue weighted by atomic mass is 9.67. The average molecular weight is 645 g/mol. The van der Waals surface area contributed by atoms with Crippen molar-refractivity contribution in [3.63, 3.8) is 0 Å². The lowest BCUT2D eigenvalue weighted by Gasteiger charge is -2.36. The maximum absolute atomic E-state index is 12.1. The van der Waals surface area contributed by atoms with Crippen LogP contribution in [-0.4, -0.2) is 23.9 Å². The van der Waals surface area contributed by atoms with Crippen molar-refractivity contribution in [1.29, 1.82) is 0 Å². The summed E-state index contributed by atoms with van der Waals surface area (Å²) >= 11 is 0. The Morgan fingerprint density at radius 2 is 0.729 bits per heavy atom. The summed E-state index contributed by atoms with van der Waals surface area (Å²) in [5.41, 5.74) is 3.13. The van der Waals surface area contributed by atoms with Gasteiger partial charge in [0.05, 0.1) is 22.3 Å². The van der Waals surface area contributed by atoms with Crippen molar-refractivity contribution in [2.75, 3.05) is 0 Å². The highest BCUT2D eigenvalue weighted by Crippen LogP contribution is 2.44. The molecule has 0 amide bonds. The summed E-state index contributed by atoms with van der Waals surface area (Å²) in [7, 11) is 0. The van der Waals surface area contributed by atoms with E-state index in [-0.39, 0.29) is 27.7 Å². The van der Waals surface area contributed by atoms with Crippen molar-refractivity contribution in [3.8, 4) is 23.0 Å². The molecule has 7 rings (SSSR count). The summed E-state index contributed by atoms with van der Waals surface area (Å²) in [5, 5.41) is 0. The monoisotopic (exact) mass is 644 g/mol. The van der Waals surface area contributed by atoms with Crippen LogP contribution < -0.4 is 9.47 Å². The van der Waals surface area contributed by atoms with Gasteiger partial charge in [-0.2, -0.15) is 0 Å². The first-order valence-electron chi connectivity index (χ1n) is 16.8. The lowest BCUT2D eigenvalue weighted by molar-refractivity contribution is 0.0425. The fourth-order valence-electron chi connectivity index (χ4n) is 7.17. The molecule has 4 aromatic rings. The SMILES string of the molecule is O=C1OC(=O)c2cc(Oc3ccc(C4(c5ccc(Oc6ccc7c(c6)C(=O)OC7=O)cc5)CCCCCCCCCCC4)cc3)ccc21. The van der Waals surface area contributed by atoms with E-state index in [2.05, 4.69) is 24.3 Å². The second-order valence-corrected chi connectivity index (χ2v) is 12.8. The molecule has 3 aliphatic rings. The van der Waals surface area contributed by atoms with Crippen LogP contribution in [0.4, 0.5) is 0 Å². The van der Waals surface area contributed by atoms with Gasteiger partial charge in [0, 0.05) is 5.41 Å². The summed E-state index contributed by atoms with van der Waals surface area (Å²) < 4.78 is 21.6. The van der Waals surface area contributed by atoms with Gasteiger partial charge in [0.1, 0.15) is 23.0 Å². The van der Waals surface area contributed by atoms with Crippen LogP contribution in [0.25, 0.3) is 0 Å². The summed E-state index contributed by atoms with van der Waals surface area (Å²) in [6.45, 7) is 0. The van der Waals surface area contributed by atoms with E-state index in [1.54, 1.807) is 36.4 Å². The van der Waals surface area contributed by atoms with Gasteiger partial charge in [-0.1, -0.05) is 82.1 Å². The normalized spacial score (nSPS) is 17.8. The molecule has 0 aromatic heterocycles. The zero-order valence-corrected chi connectivity index (χ0v) is 26.6. The first kappa shape index (κ1) is 31.4. The van der Waals surface area contributed by atoms with Gasteiger partial charge in [-0.3, -0.25) is 0 Å². The number of cyclic esters (lactones) is 4. The van der Waals surface area contributed by atoms with Crippen LogP contribution in [0, 0.1) is 0 Å². The second-order valence-electron chi connectivity index (χ2n) is 12.8. The van der Waals surface area contributed by atoms with E-state index in [1.165, 1.54) is 56.1 Å². The molecule has 1 fully saturated rings. The van der Waals surface area contributed by atoms with E-state index in [4.69, 9.17) is 18.9 Å². The van der Waals surface area contributed by atoms with Crippen LogP contribution >= 0.6 is 0 Å². The maximum Gasteiger partial charge on any atom is 0.347 e. The Balaban J connectivity index is 1.16. The third-order valence-electron chi connectivity index (χ3n) is 9.72. The number of carbonyl (C=O) groups is 4. The van der Waals surface area contributed by atoms with Crippen molar-refractivity contribution >= 4 is 23.9 Å². The number of fused-ring (bicyclic) bond motifs is 2. The van der Waals surface area contributed by atoms with E-state index >= 15 is 0 Å². The molecule has 0 atom stereocenters. The summed E-state index contributed by atoms with van der Waals surface area (Å²) in [4.78, 5) is 47.8. The Morgan fingerprint density at radius 3 is 1.12 bits per heavy atom. The molecule has 1 saturated carbocycles. The maximum atomic E-state index is 12.1. The molecular weight excluding hydrogens is 608 g/mol. The minimum Gasteiger partial charge on any atom is -0.457 e. The number of rotatable bonds is 6. The molecule has 0 saturated heterocycles. The number of hydrogen-bond acceptors (Lipinski definition) is 8. The minimum atomic E-state index is -0.662. The minimum absolute atomic E-state index is 0.211. The van der Waals surface area contributed by atoms with Crippen LogP contribution in [-0.2, 0) is 14.9 Å². The van der Waals surface area contributed by atoms with E-state index in [0.717, 1.165) is 25.7 Å². The molecule has 8 nitrogen and oxygen atoms in total. The van der Waals surface area contributed by atoms with Gasteiger partial charge in [0.25, 0.3) is 0 Å². The fraction of sp³-hybridized carbons (Fsp3) is 0.300. The third-order valence-corrected chi connectivity index (χ3v) is 9.72. The van der Waals surface area contributed by atoms with E-state index in [0.29, 0.717) is 23.0 Å². The van der Waals surface area contributed by atoms with E-state index in [1.807, 2.05) is 24.3 Å². The number of ether oxygens (including phenoxy) is 4. The molecule has 0 unspecified atom stereocenters. The fourth-order valence-corrected chi connectivity index (χ4v) is 7.17. The summed E-state index contributed by atoms with van der Waals surface area (Å²) in [6, 6.07) is 25.9. The Hall–Kier alpha value is -5.24. The third kappa shape index (κ3) is 6.35. The molecule has 1 aliphatic carbocycles. The predicted octanol–water partition coefficient (Wildman–Crippen LogP) is 9.48. The first-order valence-corrected chi connectivity index (χ1v) is 16.8. The molecule has 0 spiro atoms. The molecule has 8 heteroatoms. The number of esters is 4. The quantitative estimate of drug-likeness (QED) is 0.151. The van der Waals surface area contributed by atoms with Gasteiger partial charge < -0.3 is 18.9 Å². The molecule has 0 bridgehead atoms. The molecule has 4 aromatic carbocycles. The van der Waals surface area contributed by atoms with Crippen LogP contribution in [0.15, 0.2) is 84.9 Å². The van der Waals surface area contributed by atoms with E-state index in [9.17, 15) is 19.2 Å². The Labute approximate surface area is 279 Å². The lowest BCUT2D eigenvalue weighted by Crippen LogP contribution is -2.28. The van der Waals surface area contributed by atoms with Gasteiger partial charge in [-0.05, 0) is 84.6 Å². The second kappa shape index (κ2) is 13.5. The smallest absolute Gasteiger partial charge is 0.347 e. The highest BCUT2D eigenvalue weighted by Gasteiger charge is 2.34. The number of carbonyl (C=O) groups excluding carboxylic acids is 4. The van der Waals surface area contributed by atoms with Crippen LogP contribution in [0.3, 0.4) is 0 Å². The summed E-state index contributed by atoms with van der Waals surface area (Å²) in [5.74, 6) is -0.435. The van der Waals surface area contributed by atoms with Crippen LogP contribution in [0.5, 0.6) is 23.0 Å². The van der Waals surface area contributed by atoms with Gasteiger partial charge in [0.2, 0.25) is 0 Å². The zero-order chi connectivity index (χ0) is 33.1. The highest BCUT2D eigenvalue weighted by molar-refractivity contribution is 6.15. The number of benzene rings is 4. The van der Waals surface area contributed by atoms with Gasteiger partial charge in [0.15, 0.2) is 0 Å². The molecule has 48 heavy (non-hydrogen) atoms. The van der Waals surface area contributed by atoms with Gasteiger partial charge >= 0.3 is 23.9 Å². The molecule has 0 radical (unpaired) electrons. The topological polar surface area (TPSA) is 105 Å². The van der Waals surface area contributed by atoms with Crippen molar-refractivity contribution < 1.29 is 38.1 Å². The standard InChI is InChI=1S/C40H36O8/c41-36-32-20-18-30(24-34(32)38(43)47-36)45-28-14-10-26(11-15-28)40(22-8-6-4-2-1-3-5-7-9-23-40)27-12-16-29(17-13-27)46-31-19-21-33-35(25-31)39(44)48-37(33)42/h10-21,24-25H,1-9,22-23H2. The largest absolute Gasteiger partial charge is 0.457 e. The molecular formula is C40H36O8.